The number of aryl methyl sites for hydroxylation is 1. The van der Waals surface area contributed by atoms with Gasteiger partial charge in [-0.1, -0.05) is 55.8 Å². The summed E-state index contributed by atoms with van der Waals surface area (Å²) in [5, 5.41) is 0.617. The van der Waals surface area contributed by atoms with Crippen LogP contribution >= 0.6 is 27.9 Å². The molecule has 0 radical (unpaired) electrons. The highest BCUT2D eigenvalue weighted by atomic mass is 35.5. The summed E-state index contributed by atoms with van der Waals surface area (Å²) < 4.78 is 23.7. The van der Waals surface area contributed by atoms with Gasteiger partial charge in [0.05, 0.1) is 8.93 Å². The van der Waals surface area contributed by atoms with Gasteiger partial charge >= 0.3 is 13.4 Å². The van der Waals surface area contributed by atoms with Crippen LogP contribution in [0.25, 0.3) is 0 Å². The number of ether oxygens (including phenoxy) is 2. The van der Waals surface area contributed by atoms with E-state index in [1.54, 1.807) is 18.2 Å². The summed E-state index contributed by atoms with van der Waals surface area (Å²) in [4.78, 5) is 12.6. The minimum Gasteiger partial charge on any atom is -0.482 e. The van der Waals surface area contributed by atoms with Crippen LogP contribution in [0.5, 0.6) is 5.75 Å². The molecule has 2 unspecified atom stereocenters. The fraction of sp³-hybridized carbons (Fsp3) is 0.381. The standard InChI is InChI=1S/C21H26ClO5P2/c1-15-11-17(22)9-10-18(15)24-12-19(23)27-20(16-7-5-4-6-8-16)29(28)25-13-21(2,3)14-26-29/h4-11,20H,12-14,28H2,1-3H3/q+1. The summed E-state index contributed by atoms with van der Waals surface area (Å²) in [6.07, 6.45) is 0. The maximum atomic E-state index is 12.6. The van der Waals surface area contributed by atoms with Crippen molar-refractivity contribution in [1.82, 2.24) is 0 Å². The molecule has 156 valence electrons. The van der Waals surface area contributed by atoms with Gasteiger partial charge in [-0.3, -0.25) is 0 Å². The van der Waals surface area contributed by atoms with Crippen molar-refractivity contribution >= 4 is 33.9 Å². The Morgan fingerprint density at radius 1 is 1.21 bits per heavy atom. The highest BCUT2D eigenvalue weighted by molar-refractivity contribution is 8.19. The first-order chi connectivity index (χ1) is 13.7. The normalized spacial score (nSPS) is 18.7. The highest BCUT2D eigenvalue weighted by Gasteiger charge is 2.55. The average Bonchev–Trinajstić information content (AvgIpc) is 2.69. The molecule has 0 amide bonds. The van der Waals surface area contributed by atoms with E-state index in [-0.39, 0.29) is 12.0 Å². The molecular weight excluding hydrogens is 430 g/mol. The Hall–Kier alpha value is -1.22. The zero-order valence-corrected chi connectivity index (χ0v) is 19.6. The largest absolute Gasteiger partial charge is 0.482 e. The molecule has 0 aromatic heterocycles. The monoisotopic (exact) mass is 455 g/mol. The Labute approximate surface area is 179 Å². The summed E-state index contributed by atoms with van der Waals surface area (Å²) in [5.41, 5.74) is 1.59. The Morgan fingerprint density at radius 2 is 1.86 bits per heavy atom. The van der Waals surface area contributed by atoms with Gasteiger partial charge in [0.25, 0.3) is 5.85 Å². The molecule has 3 rings (SSSR count). The van der Waals surface area contributed by atoms with Crippen LogP contribution in [0.3, 0.4) is 0 Å². The minimum absolute atomic E-state index is 0.0828. The van der Waals surface area contributed by atoms with Crippen LogP contribution in [0.2, 0.25) is 5.02 Å². The van der Waals surface area contributed by atoms with E-state index in [9.17, 15) is 4.79 Å². The molecule has 5 nitrogen and oxygen atoms in total. The molecule has 2 aromatic rings. The summed E-state index contributed by atoms with van der Waals surface area (Å²) in [5.74, 6) is -0.552. The Balaban J connectivity index is 1.72. The van der Waals surface area contributed by atoms with Crippen LogP contribution in [0.4, 0.5) is 0 Å². The van der Waals surface area contributed by atoms with E-state index in [0.717, 1.165) is 11.1 Å². The maximum absolute atomic E-state index is 12.6. The molecule has 1 aliphatic heterocycles. The van der Waals surface area contributed by atoms with Gasteiger partial charge in [0, 0.05) is 16.0 Å². The van der Waals surface area contributed by atoms with Crippen LogP contribution in [0, 0.1) is 12.3 Å². The number of hydrogen-bond acceptors (Lipinski definition) is 5. The molecule has 1 heterocycles. The second kappa shape index (κ2) is 9.29. The molecule has 0 aliphatic carbocycles. The second-order valence-electron chi connectivity index (χ2n) is 7.81. The molecule has 29 heavy (non-hydrogen) atoms. The molecule has 0 spiro atoms. The maximum Gasteiger partial charge on any atom is 0.347 e. The predicted molar refractivity (Wildman–Crippen MR) is 119 cm³/mol. The lowest BCUT2D eigenvalue weighted by molar-refractivity contribution is -0.149. The number of rotatable bonds is 6. The van der Waals surface area contributed by atoms with Crippen molar-refractivity contribution in [3.05, 3.63) is 64.7 Å². The van der Waals surface area contributed by atoms with E-state index < -0.39 is 19.2 Å². The lowest BCUT2D eigenvalue weighted by Gasteiger charge is -2.36. The van der Waals surface area contributed by atoms with Gasteiger partial charge in [-0.2, -0.15) is 9.05 Å². The van der Waals surface area contributed by atoms with Crippen molar-refractivity contribution in [1.29, 1.82) is 0 Å². The van der Waals surface area contributed by atoms with Gasteiger partial charge in [-0.15, -0.1) is 0 Å². The fourth-order valence-electron chi connectivity index (χ4n) is 2.80. The molecule has 0 bridgehead atoms. The SMILES string of the molecule is Cc1cc(Cl)ccc1OCC(=O)OC(c1ccccc1)[P+]1(P)OCC(C)(C)CO1. The van der Waals surface area contributed by atoms with Gasteiger partial charge in [-0.05, 0) is 30.7 Å². The lowest BCUT2D eigenvalue weighted by Crippen LogP contribution is -2.32. The molecule has 0 saturated carbocycles. The van der Waals surface area contributed by atoms with E-state index in [2.05, 4.69) is 22.8 Å². The Kier molecular flexibility index (Phi) is 7.19. The topological polar surface area (TPSA) is 54.0 Å². The smallest absolute Gasteiger partial charge is 0.347 e. The first-order valence-electron chi connectivity index (χ1n) is 9.28. The van der Waals surface area contributed by atoms with Crippen LogP contribution in [-0.2, 0) is 18.6 Å². The lowest BCUT2D eigenvalue weighted by atomic mass is 9.97. The summed E-state index contributed by atoms with van der Waals surface area (Å²) in [6.45, 7) is 6.87. The quantitative estimate of drug-likeness (QED) is 0.396. The third-order valence-corrected chi connectivity index (χ3v) is 8.52. The van der Waals surface area contributed by atoms with Gasteiger partial charge in [0.2, 0.25) is 0 Å². The van der Waals surface area contributed by atoms with Gasteiger partial charge in [0.1, 0.15) is 19.0 Å². The average molecular weight is 456 g/mol. The van der Waals surface area contributed by atoms with Crippen LogP contribution in [0.1, 0.15) is 30.8 Å². The van der Waals surface area contributed by atoms with E-state index in [1.165, 1.54) is 0 Å². The van der Waals surface area contributed by atoms with Crippen molar-refractivity contribution in [2.45, 2.75) is 26.6 Å². The van der Waals surface area contributed by atoms with Crippen molar-refractivity contribution < 1.29 is 23.3 Å². The molecule has 2 aromatic carbocycles. The van der Waals surface area contributed by atoms with Crippen molar-refractivity contribution in [2.75, 3.05) is 19.8 Å². The van der Waals surface area contributed by atoms with E-state index in [1.807, 2.05) is 37.3 Å². The summed E-state index contributed by atoms with van der Waals surface area (Å²) >= 11 is 5.96. The first kappa shape index (κ1) is 22.5. The molecule has 1 aliphatic rings. The molecule has 0 N–H and O–H groups in total. The van der Waals surface area contributed by atoms with Crippen molar-refractivity contribution in [2.24, 2.45) is 5.41 Å². The molecular formula is C21H26ClO5P2+. The van der Waals surface area contributed by atoms with Crippen LogP contribution in [-0.4, -0.2) is 25.8 Å². The van der Waals surface area contributed by atoms with E-state index in [4.69, 9.17) is 30.1 Å². The van der Waals surface area contributed by atoms with Gasteiger partial charge in [0.15, 0.2) is 6.61 Å². The van der Waals surface area contributed by atoms with Crippen molar-refractivity contribution in [3.8, 4) is 5.75 Å². The highest BCUT2D eigenvalue weighted by Crippen LogP contribution is 2.80. The fourth-order valence-corrected chi connectivity index (χ4v) is 6.48. The molecule has 1 saturated heterocycles. The third-order valence-electron chi connectivity index (χ3n) is 4.45. The first-order valence-corrected chi connectivity index (χ1v) is 13.0. The van der Waals surface area contributed by atoms with Gasteiger partial charge in [-0.25, -0.2) is 4.79 Å². The third kappa shape index (κ3) is 5.90. The number of hydrogen-bond donors (Lipinski definition) is 0. The zero-order valence-electron chi connectivity index (χ0n) is 16.8. The van der Waals surface area contributed by atoms with Crippen molar-refractivity contribution in [3.63, 3.8) is 0 Å². The number of esters is 1. The number of carbonyl (C=O) groups excluding carboxylic acids is 1. The number of halogens is 1. The number of carbonyl (C=O) groups is 1. The van der Waals surface area contributed by atoms with Crippen LogP contribution < -0.4 is 4.74 Å². The number of benzene rings is 2. The molecule has 2 atom stereocenters. The molecule has 1 fully saturated rings. The van der Waals surface area contributed by atoms with E-state index >= 15 is 0 Å². The minimum atomic E-state index is -2.54. The van der Waals surface area contributed by atoms with Crippen LogP contribution in [0.15, 0.2) is 48.5 Å². The summed E-state index contributed by atoms with van der Waals surface area (Å²) in [7, 11) is 0.136. The van der Waals surface area contributed by atoms with Gasteiger partial charge < -0.3 is 9.47 Å². The Bertz CT molecular complexity index is 849. The van der Waals surface area contributed by atoms with E-state index in [0.29, 0.717) is 24.0 Å². The Morgan fingerprint density at radius 3 is 2.48 bits per heavy atom. The summed E-state index contributed by atoms with van der Waals surface area (Å²) in [6, 6.07) is 14.7. The predicted octanol–water partition coefficient (Wildman–Crippen LogP) is 5.98. The second-order valence-corrected chi connectivity index (χ2v) is 12.7. The molecule has 8 heteroatoms. The zero-order chi connectivity index (χ0) is 21.1.